The largest absolute Gasteiger partial charge is 0.385 e. The van der Waals surface area contributed by atoms with Gasteiger partial charge in [-0.25, -0.2) is 0 Å². The van der Waals surface area contributed by atoms with E-state index in [0.29, 0.717) is 19.1 Å². The topological polar surface area (TPSA) is 63.6 Å². The molecule has 2 heterocycles. The SMILES string of the molecule is COCCCc1c[c]cc(CN(C(=O)C2CNCCC2c2ccn(C)c(=O)c2)C2CC2)c1. The Labute approximate surface area is 190 Å². The lowest BCUT2D eigenvalue weighted by molar-refractivity contribution is -0.138. The van der Waals surface area contributed by atoms with E-state index >= 15 is 0 Å². The fourth-order valence-corrected chi connectivity index (χ4v) is 4.73. The molecular weight excluding hydrogens is 402 g/mol. The molecule has 1 N–H and O–H groups in total. The standard InChI is InChI=1S/C26H34N3O3/c1-28-13-11-21(16-25(28)30)23-10-12-27-17-24(23)26(31)29(22-8-9-22)18-20-6-3-5-19(15-20)7-4-14-32-2/h5-6,11,13,15-16,22-24,27H,4,7-10,12,14,17-18H2,1-2H3. The number of aryl methyl sites for hydroxylation is 2. The zero-order valence-electron chi connectivity index (χ0n) is 19.2. The van der Waals surface area contributed by atoms with Gasteiger partial charge in [0.15, 0.2) is 0 Å². The number of ether oxygens (including phenoxy) is 1. The number of benzene rings is 1. The van der Waals surface area contributed by atoms with E-state index < -0.39 is 0 Å². The first kappa shape index (κ1) is 22.7. The zero-order valence-corrected chi connectivity index (χ0v) is 19.2. The van der Waals surface area contributed by atoms with Crippen LogP contribution < -0.4 is 10.9 Å². The van der Waals surface area contributed by atoms with Gasteiger partial charge in [0.1, 0.15) is 0 Å². The summed E-state index contributed by atoms with van der Waals surface area (Å²) in [5.41, 5.74) is 3.33. The molecule has 6 heteroatoms. The summed E-state index contributed by atoms with van der Waals surface area (Å²) in [6.45, 7) is 2.89. The van der Waals surface area contributed by atoms with Gasteiger partial charge >= 0.3 is 0 Å². The van der Waals surface area contributed by atoms with Gasteiger partial charge in [0.2, 0.25) is 5.91 Å². The maximum atomic E-state index is 13.8. The Morgan fingerprint density at radius 1 is 1.25 bits per heavy atom. The molecule has 1 amide bonds. The highest BCUT2D eigenvalue weighted by Crippen LogP contribution is 2.35. The molecule has 1 aliphatic carbocycles. The molecule has 171 valence electrons. The molecule has 6 nitrogen and oxygen atoms in total. The minimum Gasteiger partial charge on any atom is -0.385 e. The predicted molar refractivity (Wildman–Crippen MR) is 124 cm³/mol. The number of aromatic nitrogens is 1. The normalized spacial score (nSPS) is 20.8. The van der Waals surface area contributed by atoms with E-state index in [0.717, 1.165) is 56.4 Å². The second-order valence-corrected chi connectivity index (χ2v) is 9.16. The first-order chi connectivity index (χ1) is 15.6. The lowest BCUT2D eigenvalue weighted by Crippen LogP contribution is -2.47. The van der Waals surface area contributed by atoms with Gasteiger partial charge in [0.25, 0.3) is 5.56 Å². The smallest absolute Gasteiger partial charge is 0.250 e. The van der Waals surface area contributed by atoms with E-state index in [1.807, 2.05) is 24.4 Å². The van der Waals surface area contributed by atoms with E-state index in [9.17, 15) is 9.59 Å². The molecule has 1 aliphatic heterocycles. The molecule has 1 radical (unpaired) electrons. The van der Waals surface area contributed by atoms with Gasteiger partial charge in [-0.05, 0) is 79.5 Å². The minimum absolute atomic E-state index is 0.0212. The van der Waals surface area contributed by atoms with Crippen LogP contribution in [0, 0.1) is 12.0 Å². The van der Waals surface area contributed by atoms with Crippen molar-refractivity contribution < 1.29 is 9.53 Å². The summed E-state index contributed by atoms with van der Waals surface area (Å²) in [5, 5.41) is 3.41. The first-order valence-electron chi connectivity index (χ1n) is 11.7. The average molecular weight is 437 g/mol. The summed E-state index contributed by atoms with van der Waals surface area (Å²) in [7, 11) is 3.48. The summed E-state index contributed by atoms with van der Waals surface area (Å²) < 4.78 is 6.74. The quantitative estimate of drug-likeness (QED) is 0.614. The number of hydrogen-bond donors (Lipinski definition) is 1. The second-order valence-electron chi connectivity index (χ2n) is 9.16. The Morgan fingerprint density at radius 3 is 2.81 bits per heavy atom. The third kappa shape index (κ3) is 5.48. The van der Waals surface area contributed by atoms with Crippen LogP contribution in [0.3, 0.4) is 0 Å². The molecule has 1 aromatic heterocycles. The van der Waals surface area contributed by atoms with Crippen molar-refractivity contribution in [2.24, 2.45) is 13.0 Å². The third-order valence-electron chi connectivity index (χ3n) is 6.70. The number of carbonyl (C=O) groups excluding carboxylic acids is 1. The molecule has 4 rings (SSSR count). The van der Waals surface area contributed by atoms with Gasteiger partial charge in [-0.15, -0.1) is 0 Å². The highest BCUT2D eigenvalue weighted by atomic mass is 16.5. The van der Waals surface area contributed by atoms with Crippen LogP contribution in [0.15, 0.2) is 41.3 Å². The lowest BCUT2D eigenvalue weighted by Gasteiger charge is -2.35. The Kier molecular flexibility index (Phi) is 7.43. The molecule has 2 aliphatic rings. The van der Waals surface area contributed by atoms with Crippen LogP contribution in [0.4, 0.5) is 0 Å². The van der Waals surface area contributed by atoms with Gasteiger partial charge in [-0.1, -0.05) is 12.1 Å². The Bertz CT molecular complexity index is 982. The van der Waals surface area contributed by atoms with E-state index in [-0.39, 0.29) is 23.3 Å². The number of nitrogens with one attached hydrogen (secondary N) is 1. The van der Waals surface area contributed by atoms with Crippen molar-refractivity contribution in [2.75, 3.05) is 26.8 Å². The predicted octanol–water partition coefficient (Wildman–Crippen LogP) is 2.65. The molecule has 1 aromatic carbocycles. The first-order valence-corrected chi connectivity index (χ1v) is 11.7. The molecule has 1 saturated carbocycles. The fourth-order valence-electron chi connectivity index (χ4n) is 4.73. The summed E-state index contributed by atoms with van der Waals surface area (Å²) >= 11 is 0. The summed E-state index contributed by atoms with van der Waals surface area (Å²) in [4.78, 5) is 28.1. The minimum atomic E-state index is -0.148. The Morgan fingerprint density at radius 2 is 2.06 bits per heavy atom. The van der Waals surface area contributed by atoms with Crippen LogP contribution in [-0.4, -0.2) is 48.2 Å². The van der Waals surface area contributed by atoms with E-state index in [1.165, 1.54) is 5.56 Å². The highest BCUT2D eigenvalue weighted by molar-refractivity contribution is 5.81. The Hall–Kier alpha value is -2.44. The zero-order chi connectivity index (χ0) is 22.5. The van der Waals surface area contributed by atoms with Crippen LogP contribution in [-0.2, 0) is 29.5 Å². The number of carbonyl (C=O) groups is 1. The monoisotopic (exact) mass is 436 g/mol. The van der Waals surface area contributed by atoms with E-state index in [2.05, 4.69) is 22.3 Å². The maximum Gasteiger partial charge on any atom is 0.250 e. The molecular formula is C26H34N3O3. The van der Waals surface area contributed by atoms with Crippen molar-refractivity contribution in [1.29, 1.82) is 0 Å². The average Bonchev–Trinajstić information content (AvgIpc) is 3.65. The molecule has 2 aromatic rings. The van der Waals surface area contributed by atoms with Crippen LogP contribution >= 0.6 is 0 Å². The van der Waals surface area contributed by atoms with Gasteiger partial charge in [0, 0.05) is 52.2 Å². The van der Waals surface area contributed by atoms with Crippen molar-refractivity contribution in [3.05, 3.63) is 69.6 Å². The van der Waals surface area contributed by atoms with Crippen LogP contribution in [0.1, 0.15) is 48.3 Å². The number of methoxy groups -OCH3 is 1. The van der Waals surface area contributed by atoms with Crippen molar-refractivity contribution >= 4 is 5.91 Å². The van der Waals surface area contributed by atoms with E-state index in [4.69, 9.17) is 4.74 Å². The van der Waals surface area contributed by atoms with E-state index in [1.54, 1.807) is 24.8 Å². The van der Waals surface area contributed by atoms with Crippen molar-refractivity contribution in [3.8, 4) is 0 Å². The summed E-state index contributed by atoms with van der Waals surface area (Å²) in [6, 6.07) is 13.5. The van der Waals surface area contributed by atoms with Crippen LogP contribution in [0.2, 0.25) is 0 Å². The van der Waals surface area contributed by atoms with Crippen LogP contribution in [0.25, 0.3) is 0 Å². The third-order valence-corrected chi connectivity index (χ3v) is 6.70. The van der Waals surface area contributed by atoms with Gasteiger partial charge < -0.3 is 19.5 Å². The number of piperidine rings is 1. The summed E-state index contributed by atoms with van der Waals surface area (Å²) in [5.74, 6) is 0.131. The maximum absolute atomic E-state index is 13.8. The molecule has 2 atom stereocenters. The molecule has 0 spiro atoms. The number of pyridine rings is 1. The number of hydrogen-bond acceptors (Lipinski definition) is 4. The Balaban J connectivity index is 1.51. The fraction of sp³-hybridized carbons (Fsp3) is 0.538. The highest BCUT2D eigenvalue weighted by Gasteiger charge is 2.40. The van der Waals surface area contributed by atoms with Gasteiger partial charge in [-0.2, -0.15) is 0 Å². The summed E-state index contributed by atoms with van der Waals surface area (Å²) in [6.07, 6.45) is 6.74. The molecule has 32 heavy (non-hydrogen) atoms. The molecule has 1 saturated heterocycles. The molecule has 2 unspecified atom stereocenters. The number of nitrogens with zero attached hydrogens (tertiary/aromatic N) is 2. The van der Waals surface area contributed by atoms with Crippen molar-refractivity contribution in [1.82, 2.24) is 14.8 Å². The molecule has 2 fully saturated rings. The lowest BCUT2D eigenvalue weighted by atomic mass is 9.80. The molecule has 0 bridgehead atoms. The van der Waals surface area contributed by atoms with Gasteiger partial charge in [0.05, 0.1) is 5.92 Å². The number of rotatable bonds is 9. The number of amides is 1. The van der Waals surface area contributed by atoms with Crippen molar-refractivity contribution in [2.45, 2.75) is 50.6 Å². The van der Waals surface area contributed by atoms with Gasteiger partial charge in [-0.3, -0.25) is 9.59 Å². The van der Waals surface area contributed by atoms with Crippen LogP contribution in [0.5, 0.6) is 0 Å². The van der Waals surface area contributed by atoms with Crippen molar-refractivity contribution in [3.63, 3.8) is 0 Å². The second kappa shape index (κ2) is 10.5.